The van der Waals surface area contributed by atoms with Crippen molar-refractivity contribution in [2.75, 3.05) is 6.54 Å². The Bertz CT molecular complexity index is 394. The quantitative estimate of drug-likeness (QED) is 0.626. The minimum atomic E-state index is 0.481. The molecule has 1 N–H and O–H groups in total. The summed E-state index contributed by atoms with van der Waals surface area (Å²) in [6.45, 7) is 8.18. The largest absolute Gasteiger partial charge is 0.313 e. The Kier molecular flexibility index (Phi) is 6.10. The van der Waals surface area contributed by atoms with Crippen molar-refractivity contribution in [3.05, 3.63) is 21.9 Å². The molecule has 0 radical (unpaired) electrons. The van der Waals surface area contributed by atoms with Gasteiger partial charge < -0.3 is 5.32 Å². The van der Waals surface area contributed by atoms with Crippen LogP contribution in [0.15, 0.2) is 12.1 Å². The Labute approximate surface area is 129 Å². The molecule has 1 atom stereocenters. The van der Waals surface area contributed by atoms with E-state index in [1.54, 1.807) is 4.88 Å². The summed E-state index contributed by atoms with van der Waals surface area (Å²) in [6, 6.07) is 5.53. The maximum atomic E-state index is 3.80. The van der Waals surface area contributed by atoms with Gasteiger partial charge in [0, 0.05) is 22.3 Å². The molecular formula is C18H31NS. The van der Waals surface area contributed by atoms with Crippen LogP contribution in [0.5, 0.6) is 0 Å². The Morgan fingerprint density at radius 2 is 1.95 bits per heavy atom. The zero-order valence-corrected chi connectivity index (χ0v) is 14.3. The van der Waals surface area contributed by atoms with Gasteiger partial charge in [0.2, 0.25) is 0 Å². The second-order valence-corrected chi connectivity index (χ2v) is 7.76. The summed E-state index contributed by atoms with van der Waals surface area (Å²) in [5.41, 5.74) is 0.481. The fourth-order valence-electron chi connectivity index (χ4n) is 2.94. The van der Waals surface area contributed by atoms with Gasteiger partial charge in [-0.25, -0.2) is 0 Å². The van der Waals surface area contributed by atoms with Crippen molar-refractivity contribution < 1.29 is 0 Å². The van der Waals surface area contributed by atoms with Crippen LogP contribution >= 0.6 is 11.3 Å². The Morgan fingerprint density at radius 1 is 1.20 bits per heavy atom. The van der Waals surface area contributed by atoms with Crippen LogP contribution in [0.2, 0.25) is 0 Å². The van der Waals surface area contributed by atoms with E-state index in [1.807, 2.05) is 11.3 Å². The lowest BCUT2D eigenvalue weighted by Gasteiger charge is -2.33. The van der Waals surface area contributed by atoms with Crippen molar-refractivity contribution in [1.29, 1.82) is 0 Å². The Morgan fingerprint density at radius 3 is 2.50 bits per heavy atom. The fraction of sp³-hybridized carbons (Fsp3) is 0.778. The molecule has 1 unspecified atom stereocenters. The number of nitrogens with one attached hydrogen (secondary N) is 1. The molecule has 0 saturated heterocycles. The standard InChI is InChI=1S/C18H31NS/c1-4-7-12-18(6-3,14-19-15-8-9-15)13-17-11-10-16(5-2)20-17/h10-11,15,19H,4-9,12-14H2,1-3H3. The highest BCUT2D eigenvalue weighted by molar-refractivity contribution is 7.11. The van der Waals surface area contributed by atoms with Crippen LogP contribution in [0.4, 0.5) is 0 Å². The van der Waals surface area contributed by atoms with E-state index in [0.717, 1.165) is 6.04 Å². The molecule has 1 saturated carbocycles. The minimum absolute atomic E-state index is 0.481. The van der Waals surface area contributed by atoms with Crippen LogP contribution in [0, 0.1) is 5.41 Å². The Hall–Kier alpha value is -0.340. The normalized spacial score (nSPS) is 18.1. The van der Waals surface area contributed by atoms with E-state index in [-0.39, 0.29) is 0 Å². The van der Waals surface area contributed by atoms with E-state index in [0.29, 0.717) is 5.41 Å². The molecule has 0 spiro atoms. The molecule has 0 bridgehead atoms. The minimum Gasteiger partial charge on any atom is -0.313 e. The molecule has 1 heterocycles. The van der Waals surface area contributed by atoms with Crippen LogP contribution < -0.4 is 5.32 Å². The Balaban J connectivity index is 2.01. The van der Waals surface area contributed by atoms with Gasteiger partial charge >= 0.3 is 0 Å². The molecule has 0 amide bonds. The molecule has 1 aromatic rings. The van der Waals surface area contributed by atoms with Crippen molar-refractivity contribution >= 4 is 11.3 Å². The monoisotopic (exact) mass is 293 g/mol. The average molecular weight is 294 g/mol. The van der Waals surface area contributed by atoms with Gasteiger partial charge in [0.1, 0.15) is 0 Å². The van der Waals surface area contributed by atoms with Gasteiger partial charge in [-0.05, 0) is 56.1 Å². The molecule has 1 fully saturated rings. The lowest BCUT2D eigenvalue weighted by atomic mass is 9.76. The van der Waals surface area contributed by atoms with E-state index < -0.39 is 0 Å². The molecule has 1 aliphatic rings. The summed E-state index contributed by atoms with van der Waals surface area (Å²) < 4.78 is 0. The van der Waals surface area contributed by atoms with Gasteiger partial charge in [-0.15, -0.1) is 11.3 Å². The maximum absolute atomic E-state index is 3.80. The molecule has 1 aromatic heterocycles. The summed E-state index contributed by atoms with van der Waals surface area (Å²) in [7, 11) is 0. The highest BCUT2D eigenvalue weighted by atomic mass is 32.1. The summed E-state index contributed by atoms with van der Waals surface area (Å²) in [4.78, 5) is 3.13. The third kappa shape index (κ3) is 4.60. The first-order chi connectivity index (χ1) is 9.71. The molecule has 1 nitrogen and oxygen atoms in total. The molecule has 114 valence electrons. The van der Waals surface area contributed by atoms with Crippen molar-refractivity contribution in [3.8, 4) is 0 Å². The maximum Gasteiger partial charge on any atom is 0.00684 e. The first-order valence-corrected chi connectivity index (χ1v) is 9.34. The van der Waals surface area contributed by atoms with E-state index >= 15 is 0 Å². The van der Waals surface area contributed by atoms with Crippen molar-refractivity contribution in [1.82, 2.24) is 5.32 Å². The molecule has 2 rings (SSSR count). The average Bonchev–Trinajstić information content (AvgIpc) is 3.20. The SMILES string of the molecule is CCCCC(CC)(CNC1CC1)Cc1ccc(CC)s1. The third-order valence-corrected chi connectivity index (χ3v) is 6.00. The smallest absolute Gasteiger partial charge is 0.00684 e. The van der Waals surface area contributed by atoms with Crippen molar-refractivity contribution in [2.24, 2.45) is 5.41 Å². The zero-order valence-electron chi connectivity index (χ0n) is 13.5. The van der Waals surface area contributed by atoms with Gasteiger partial charge in [0.15, 0.2) is 0 Å². The highest BCUT2D eigenvalue weighted by Gasteiger charge is 2.31. The van der Waals surface area contributed by atoms with Crippen molar-refractivity contribution in [2.45, 2.75) is 78.2 Å². The molecule has 20 heavy (non-hydrogen) atoms. The van der Waals surface area contributed by atoms with Crippen LogP contribution in [0.25, 0.3) is 0 Å². The molecule has 2 heteroatoms. The lowest BCUT2D eigenvalue weighted by Crippen LogP contribution is -2.36. The van der Waals surface area contributed by atoms with Crippen LogP contribution in [-0.2, 0) is 12.8 Å². The van der Waals surface area contributed by atoms with E-state index in [4.69, 9.17) is 0 Å². The van der Waals surface area contributed by atoms with Crippen LogP contribution in [-0.4, -0.2) is 12.6 Å². The molecule has 1 aliphatic carbocycles. The number of unbranched alkanes of at least 4 members (excludes halogenated alkanes) is 1. The first-order valence-electron chi connectivity index (χ1n) is 8.52. The lowest BCUT2D eigenvalue weighted by molar-refractivity contribution is 0.230. The topological polar surface area (TPSA) is 12.0 Å². The van der Waals surface area contributed by atoms with Crippen LogP contribution in [0.3, 0.4) is 0 Å². The second kappa shape index (κ2) is 7.61. The predicted octanol–water partition coefficient (Wildman–Crippen LogP) is 5.19. The van der Waals surface area contributed by atoms with Crippen molar-refractivity contribution in [3.63, 3.8) is 0 Å². The summed E-state index contributed by atoms with van der Waals surface area (Å²) in [6.07, 6.45) is 10.6. The summed E-state index contributed by atoms with van der Waals surface area (Å²) >= 11 is 2.03. The molecule has 0 aliphatic heterocycles. The highest BCUT2D eigenvalue weighted by Crippen LogP contribution is 2.36. The number of rotatable bonds is 10. The zero-order chi connectivity index (χ0) is 14.4. The number of aryl methyl sites for hydroxylation is 1. The fourth-order valence-corrected chi connectivity index (χ4v) is 4.07. The van der Waals surface area contributed by atoms with Gasteiger partial charge in [-0.2, -0.15) is 0 Å². The van der Waals surface area contributed by atoms with Gasteiger partial charge in [0.25, 0.3) is 0 Å². The summed E-state index contributed by atoms with van der Waals surface area (Å²) in [5.74, 6) is 0. The predicted molar refractivity (Wildman–Crippen MR) is 90.7 cm³/mol. The van der Waals surface area contributed by atoms with E-state index in [1.165, 1.54) is 62.8 Å². The van der Waals surface area contributed by atoms with Gasteiger partial charge in [-0.1, -0.05) is 33.6 Å². The number of hydrogen-bond donors (Lipinski definition) is 1. The van der Waals surface area contributed by atoms with Crippen LogP contribution in [0.1, 0.15) is 69.1 Å². The second-order valence-electron chi connectivity index (χ2n) is 6.51. The summed E-state index contributed by atoms with van der Waals surface area (Å²) in [5, 5.41) is 3.80. The van der Waals surface area contributed by atoms with E-state index in [2.05, 4.69) is 38.2 Å². The van der Waals surface area contributed by atoms with Gasteiger partial charge in [0.05, 0.1) is 0 Å². The molecule has 0 aromatic carbocycles. The number of thiophene rings is 1. The third-order valence-electron chi connectivity index (χ3n) is 4.77. The first kappa shape index (κ1) is 16.0. The van der Waals surface area contributed by atoms with Gasteiger partial charge in [-0.3, -0.25) is 0 Å². The number of hydrogen-bond acceptors (Lipinski definition) is 2. The molecular weight excluding hydrogens is 262 g/mol. The van der Waals surface area contributed by atoms with E-state index in [9.17, 15) is 0 Å².